The van der Waals surface area contributed by atoms with Gasteiger partial charge in [0.25, 0.3) is 0 Å². The second-order valence-corrected chi connectivity index (χ2v) is 8.49. The third-order valence-corrected chi connectivity index (χ3v) is 5.24. The number of aromatic amines is 1. The summed E-state index contributed by atoms with van der Waals surface area (Å²) in [5, 5.41) is 25.3. The van der Waals surface area contributed by atoms with Crippen LogP contribution in [-0.2, 0) is 0 Å². The summed E-state index contributed by atoms with van der Waals surface area (Å²) < 4.78 is 0. The van der Waals surface area contributed by atoms with Gasteiger partial charge in [0.05, 0.1) is 15.6 Å². The molecule has 1 fully saturated rings. The number of anilines is 4. The Morgan fingerprint density at radius 2 is 2.03 bits per heavy atom. The first kappa shape index (κ1) is 21.7. The molecule has 32 heavy (non-hydrogen) atoms. The number of nitro groups is 1. The Labute approximate surface area is 189 Å². The molecule has 2 heterocycles. The van der Waals surface area contributed by atoms with Gasteiger partial charge in [0.1, 0.15) is 0 Å². The van der Waals surface area contributed by atoms with Gasteiger partial charge in [-0.2, -0.15) is 10.1 Å². The molecule has 0 spiro atoms. The lowest BCUT2D eigenvalue weighted by Gasteiger charge is -2.12. The van der Waals surface area contributed by atoms with E-state index in [1.165, 1.54) is 0 Å². The van der Waals surface area contributed by atoms with Crippen molar-refractivity contribution in [2.75, 3.05) is 10.6 Å². The standard InChI is InChI=1S/C21H22ClN7O3/c1-11(2)9-16(30)18-19(29(31)32)20(24-17-10-15(27-28-17)12-7-8-12)26-21(25-18)23-14-6-4-3-5-13(14)22/h3-6,10-12H,7-9H2,1-2H3,(H3,23,24,25,26,27,28). The number of rotatable bonds is 9. The first-order chi connectivity index (χ1) is 15.3. The molecule has 1 aliphatic rings. The third kappa shape index (κ3) is 4.86. The molecule has 10 nitrogen and oxygen atoms in total. The van der Waals surface area contributed by atoms with Gasteiger partial charge in [-0.05, 0) is 30.9 Å². The smallest absolute Gasteiger partial charge is 0.323 e. The average molecular weight is 456 g/mol. The number of nitrogens with zero attached hydrogens (tertiary/aromatic N) is 4. The fraction of sp³-hybridized carbons (Fsp3) is 0.333. The molecule has 0 atom stereocenters. The first-order valence-electron chi connectivity index (χ1n) is 10.2. The molecule has 166 valence electrons. The van der Waals surface area contributed by atoms with Crippen LogP contribution in [0, 0.1) is 16.0 Å². The molecule has 3 aromatic rings. The average Bonchev–Trinajstić information content (AvgIpc) is 3.48. The molecule has 2 aromatic heterocycles. The maximum Gasteiger partial charge on any atom is 0.340 e. The van der Waals surface area contributed by atoms with Gasteiger partial charge in [0.15, 0.2) is 17.3 Å². The molecular formula is C21H22ClN7O3. The number of ketones is 1. The van der Waals surface area contributed by atoms with E-state index in [9.17, 15) is 14.9 Å². The van der Waals surface area contributed by atoms with Crippen LogP contribution in [0.15, 0.2) is 30.3 Å². The minimum Gasteiger partial charge on any atom is -0.323 e. The van der Waals surface area contributed by atoms with Crippen molar-refractivity contribution in [1.29, 1.82) is 0 Å². The van der Waals surface area contributed by atoms with Crippen LogP contribution in [0.2, 0.25) is 5.02 Å². The number of carbonyl (C=O) groups excluding carboxylic acids is 1. The number of aromatic nitrogens is 4. The van der Waals surface area contributed by atoms with E-state index in [-0.39, 0.29) is 29.8 Å². The highest BCUT2D eigenvalue weighted by atomic mass is 35.5. The molecule has 1 aliphatic carbocycles. The number of para-hydroxylation sites is 1. The van der Waals surface area contributed by atoms with Crippen molar-refractivity contribution in [2.24, 2.45) is 5.92 Å². The summed E-state index contributed by atoms with van der Waals surface area (Å²) in [6, 6.07) is 8.73. The molecule has 11 heteroatoms. The summed E-state index contributed by atoms with van der Waals surface area (Å²) in [6.45, 7) is 3.71. The van der Waals surface area contributed by atoms with E-state index in [4.69, 9.17) is 11.6 Å². The van der Waals surface area contributed by atoms with Crippen LogP contribution in [0.4, 0.5) is 29.0 Å². The van der Waals surface area contributed by atoms with Crippen molar-refractivity contribution < 1.29 is 9.72 Å². The normalized spacial score (nSPS) is 13.2. The number of Topliss-reactive ketones (excluding diaryl/α,β-unsaturated/α-hetero) is 1. The molecule has 0 amide bonds. The van der Waals surface area contributed by atoms with Crippen molar-refractivity contribution >= 4 is 46.3 Å². The molecule has 1 saturated carbocycles. The number of hydrogen-bond donors (Lipinski definition) is 3. The van der Waals surface area contributed by atoms with Gasteiger partial charge in [0.2, 0.25) is 11.8 Å². The lowest BCUT2D eigenvalue weighted by molar-refractivity contribution is -0.384. The van der Waals surface area contributed by atoms with E-state index >= 15 is 0 Å². The zero-order valence-corrected chi connectivity index (χ0v) is 18.3. The Hall–Kier alpha value is -3.53. The third-order valence-electron chi connectivity index (χ3n) is 4.91. The van der Waals surface area contributed by atoms with Crippen LogP contribution < -0.4 is 10.6 Å². The van der Waals surface area contributed by atoms with Crippen LogP contribution in [0.1, 0.15) is 55.2 Å². The van der Waals surface area contributed by atoms with Crippen molar-refractivity contribution in [2.45, 2.75) is 39.0 Å². The Morgan fingerprint density at radius 1 is 1.28 bits per heavy atom. The molecule has 0 unspecified atom stereocenters. The quantitative estimate of drug-likeness (QED) is 0.223. The second-order valence-electron chi connectivity index (χ2n) is 8.08. The maximum atomic E-state index is 12.9. The fourth-order valence-corrected chi connectivity index (χ4v) is 3.42. The van der Waals surface area contributed by atoms with Gasteiger partial charge in [-0.25, -0.2) is 4.98 Å². The summed E-state index contributed by atoms with van der Waals surface area (Å²) in [7, 11) is 0. The predicted molar refractivity (Wildman–Crippen MR) is 121 cm³/mol. The lowest BCUT2D eigenvalue weighted by Crippen LogP contribution is -2.14. The minimum atomic E-state index is -0.649. The maximum absolute atomic E-state index is 12.9. The predicted octanol–water partition coefficient (Wildman–Crippen LogP) is 5.35. The van der Waals surface area contributed by atoms with Crippen LogP contribution >= 0.6 is 11.6 Å². The highest BCUT2D eigenvalue weighted by molar-refractivity contribution is 6.33. The Bertz CT molecular complexity index is 1170. The van der Waals surface area contributed by atoms with Gasteiger partial charge >= 0.3 is 5.69 Å². The number of halogens is 1. The van der Waals surface area contributed by atoms with E-state index in [2.05, 4.69) is 30.8 Å². The Morgan fingerprint density at radius 3 is 2.69 bits per heavy atom. The number of H-pyrrole nitrogens is 1. The van der Waals surface area contributed by atoms with Gasteiger partial charge in [-0.15, -0.1) is 0 Å². The molecule has 0 radical (unpaired) electrons. The Balaban J connectivity index is 1.77. The number of hydrogen-bond acceptors (Lipinski definition) is 8. The lowest BCUT2D eigenvalue weighted by atomic mass is 10.0. The largest absolute Gasteiger partial charge is 0.340 e. The van der Waals surface area contributed by atoms with Crippen LogP contribution in [-0.4, -0.2) is 30.9 Å². The molecule has 1 aromatic carbocycles. The van der Waals surface area contributed by atoms with Gasteiger partial charge in [-0.3, -0.25) is 20.0 Å². The van der Waals surface area contributed by atoms with Gasteiger partial charge in [-0.1, -0.05) is 37.6 Å². The van der Waals surface area contributed by atoms with E-state index in [0.29, 0.717) is 22.4 Å². The molecule has 3 N–H and O–H groups in total. The molecule has 0 aliphatic heterocycles. The number of carbonyl (C=O) groups is 1. The van der Waals surface area contributed by atoms with E-state index in [1.807, 2.05) is 13.8 Å². The fourth-order valence-electron chi connectivity index (χ4n) is 3.24. The van der Waals surface area contributed by atoms with Crippen LogP contribution in [0.3, 0.4) is 0 Å². The summed E-state index contributed by atoms with van der Waals surface area (Å²) in [4.78, 5) is 32.6. The van der Waals surface area contributed by atoms with E-state index in [1.54, 1.807) is 30.3 Å². The highest BCUT2D eigenvalue weighted by Crippen LogP contribution is 2.40. The van der Waals surface area contributed by atoms with E-state index in [0.717, 1.165) is 18.5 Å². The molecular weight excluding hydrogens is 434 g/mol. The number of benzene rings is 1. The van der Waals surface area contributed by atoms with Gasteiger partial charge in [0, 0.05) is 24.1 Å². The summed E-state index contributed by atoms with van der Waals surface area (Å²) >= 11 is 6.21. The first-order valence-corrected chi connectivity index (χ1v) is 10.6. The van der Waals surface area contributed by atoms with Crippen LogP contribution in [0.5, 0.6) is 0 Å². The van der Waals surface area contributed by atoms with Gasteiger partial charge < -0.3 is 10.6 Å². The van der Waals surface area contributed by atoms with Crippen molar-refractivity contribution in [1.82, 2.24) is 20.2 Å². The van der Waals surface area contributed by atoms with Crippen molar-refractivity contribution in [3.63, 3.8) is 0 Å². The van der Waals surface area contributed by atoms with Crippen molar-refractivity contribution in [3.8, 4) is 0 Å². The topological polar surface area (TPSA) is 139 Å². The molecule has 0 saturated heterocycles. The zero-order chi connectivity index (χ0) is 22.8. The number of nitrogens with one attached hydrogen (secondary N) is 3. The summed E-state index contributed by atoms with van der Waals surface area (Å²) in [5.74, 6) is 0.247. The molecule has 4 rings (SSSR count). The van der Waals surface area contributed by atoms with Crippen LogP contribution in [0.25, 0.3) is 0 Å². The van der Waals surface area contributed by atoms with E-state index < -0.39 is 16.4 Å². The highest BCUT2D eigenvalue weighted by Gasteiger charge is 2.31. The Kier molecular flexibility index (Phi) is 6.04. The monoisotopic (exact) mass is 455 g/mol. The zero-order valence-electron chi connectivity index (χ0n) is 17.6. The SMILES string of the molecule is CC(C)CC(=O)c1nc(Nc2ccccc2Cl)nc(Nc2cc(C3CC3)[nH]n2)c1[N+](=O)[O-]. The minimum absolute atomic E-state index is 0.000830. The summed E-state index contributed by atoms with van der Waals surface area (Å²) in [6.07, 6.45) is 2.27. The molecule has 0 bridgehead atoms. The van der Waals surface area contributed by atoms with Crippen molar-refractivity contribution in [3.05, 3.63) is 56.9 Å². The second kappa shape index (κ2) is 8.91. The summed E-state index contributed by atoms with van der Waals surface area (Å²) in [5.41, 5.74) is 0.701.